The summed E-state index contributed by atoms with van der Waals surface area (Å²) in [6, 6.07) is 13.0. The summed E-state index contributed by atoms with van der Waals surface area (Å²) in [5, 5.41) is 0. The third kappa shape index (κ3) is 4.02. The van der Waals surface area contributed by atoms with Crippen LogP contribution in [-0.2, 0) is 22.9 Å². The van der Waals surface area contributed by atoms with E-state index in [4.69, 9.17) is 0 Å². The van der Waals surface area contributed by atoms with Gasteiger partial charge in [-0.15, -0.1) is 0 Å². The molecule has 2 aliphatic carbocycles. The van der Waals surface area contributed by atoms with Crippen LogP contribution in [0.2, 0.25) is 0 Å². The minimum atomic E-state index is -0.997. The summed E-state index contributed by atoms with van der Waals surface area (Å²) in [6.45, 7) is 23.8. The third-order valence-electron chi connectivity index (χ3n) is 6.93. The molecule has 0 aromatic heterocycles. The summed E-state index contributed by atoms with van der Waals surface area (Å²) in [5.41, 5.74) is 10.1. The van der Waals surface area contributed by atoms with Gasteiger partial charge in [0.2, 0.25) is 0 Å². The SMILES string of the molecule is CC1=C(C)C(C)(C)[C]([Hf][C]2=C(C)C(C)=C(C)C2(C)C)=C1C.c1ccccc#1. The smallest absolute Gasteiger partial charge is 0.0115 e. The Bertz CT molecular complexity index is 757. The van der Waals surface area contributed by atoms with E-state index in [-0.39, 0.29) is 0 Å². The Morgan fingerprint density at radius 2 is 0.926 bits per heavy atom. The Hall–Kier alpha value is -1.13. The number of allylic oxidation sites excluding steroid dienone is 8. The molecular weight excluding hydrogens is 491 g/mol. The third-order valence-corrected chi connectivity index (χ3v) is 15.9. The van der Waals surface area contributed by atoms with Crippen molar-refractivity contribution < 1.29 is 22.9 Å². The maximum atomic E-state index is 2.77. The van der Waals surface area contributed by atoms with Gasteiger partial charge in [-0.2, -0.15) is 0 Å². The second kappa shape index (κ2) is 8.08. The Morgan fingerprint density at radius 1 is 0.593 bits per heavy atom. The molecule has 2 aliphatic rings. The predicted molar refractivity (Wildman–Crippen MR) is 114 cm³/mol. The first-order valence-corrected chi connectivity index (χ1v) is 13.4. The first kappa shape index (κ1) is 22.2. The summed E-state index contributed by atoms with van der Waals surface area (Å²) in [7, 11) is 0. The van der Waals surface area contributed by atoms with Gasteiger partial charge >= 0.3 is 143 Å². The molecular formula is C26H34Hf. The largest absolute Gasteiger partial charge is 0.0702 e. The zero-order valence-electron chi connectivity index (χ0n) is 18.8. The van der Waals surface area contributed by atoms with Gasteiger partial charge in [0.05, 0.1) is 0 Å². The number of hydrogen-bond acceptors (Lipinski definition) is 0. The molecule has 27 heavy (non-hydrogen) atoms. The van der Waals surface area contributed by atoms with E-state index in [2.05, 4.69) is 81.4 Å². The molecule has 3 rings (SSSR count). The van der Waals surface area contributed by atoms with Crippen molar-refractivity contribution in [3.05, 3.63) is 76.5 Å². The van der Waals surface area contributed by atoms with Gasteiger partial charge in [0.25, 0.3) is 0 Å². The summed E-state index contributed by atoms with van der Waals surface area (Å²) >= 11 is -0.997. The summed E-state index contributed by atoms with van der Waals surface area (Å²) in [6.07, 6.45) is 0. The molecule has 0 saturated carbocycles. The molecule has 0 heterocycles. The average molecular weight is 525 g/mol. The van der Waals surface area contributed by atoms with Gasteiger partial charge in [0.1, 0.15) is 0 Å². The van der Waals surface area contributed by atoms with Gasteiger partial charge in [-0.05, 0) is 12.1 Å². The fourth-order valence-corrected chi connectivity index (χ4v) is 11.3. The van der Waals surface area contributed by atoms with Crippen molar-refractivity contribution >= 4 is 0 Å². The van der Waals surface area contributed by atoms with Crippen molar-refractivity contribution in [1.82, 2.24) is 0 Å². The van der Waals surface area contributed by atoms with Crippen LogP contribution in [0.1, 0.15) is 69.2 Å². The molecule has 0 radical (unpaired) electrons. The first-order valence-electron chi connectivity index (χ1n) is 9.83. The Labute approximate surface area is 178 Å². The fraction of sp³-hybridized carbons (Fsp3) is 0.462. The van der Waals surface area contributed by atoms with Gasteiger partial charge in [0.15, 0.2) is 0 Å². The van der Waals surface area contributed by atoms with Gasteiger partial charge in [-0.3, -0.25) is 0 Å². The maximum absolute atomic E-state index is 2.77. The Kier molecular flexibility index (Phi) is 6.63. The second-order valence-corrected chi connectivity index (χ2v) is 13.4. The molecule has 1 aromatic rings. The fourth-order valence-electron chi connectivity index (χ4n) is 4.12. The van der Waals surface area contributed by atoms with E-state index < -0.39 is 22.9 Å². The van der Waals surface area contributed by atoms with E-state index in [1.165, 1.54) is 0 Å². The topological polar surface area (TPSA) is 0 Å². The monoisotopic (exact) mass is 526 g/mol. The van der Waals surface area contributed by atoms with Crippen molar-refractivity contribution in [2.24, 2.45) is 10.8 Å². The maximum Gasteiger partial charge on any atom is -0.0115 e. The van der Waals surface area contributed by atoms with Gasteiger partial charge in [-0.25, -0.2) is 0 Å². The van der Waals surface area contributed by atoms with Gasteiger partial charge in [-0.1, -0.05) is 24.3 Å². The van der Waals surface area contributed by atoms with E-state index >= 15 is 0 Å². The zero-order valence-corrected chi connectivity index (χ0v) is 22.4. The molecule has 0 bridgehead atoms. The van der Waals surface area contributed by atoms with E-state index in [0.717, 1.165) is 0 Å². The quantitative estimate of drug-likeness (QED) is 0.348. The summed E-state index contributed by atoms with van der Waals surface area (Å²) in [4.78, 5) is 0. The molecule has 0 unspecified atom stereocenters. The molecule has 1 heteroatoms. The van der Waals surface area contributed by atoms with Crippen LogP contribution in [-0.4, -0.2) is 0 Å². The molecule has 0 N–H and O–H groups in total. The van der Waals surface area contributed by atoms with E-state index in [0.29, 0.717) is 10.8 Å². The van der Waals surface area contributed by atoms with E-state index in [1.54, 1.807) is 33.4 Å². The van der Waals surface area contributed by atoms with Gasteiger partial charge < -0.3 is 0 Å². The molecule has 0 atom stereocenters. The molecule has 0 fully saturated rings. The van der Waals surface area contributed by atoms with Crippen LogP contribution in [0.3, 0.4) is 0 Å². The van der Waals surface area contributed by atoms with Crippen molar-refractivity contribution in [1.29, 1.82) is 0 Å². The molecule has 0 spiro atoms. The molecule has 142 valence electrons. The minimum absolute atomic E-state index is 0.297. The van der Waals surface area contributed by atoms with Crippen LogP contribution in [0.25, 0.3) is 0 Å². The van der Waals surface area contributed by atoms with Gasteiger partial charge in [0, 0.05) is 0 Å². The number of hydrogen-bond donors (Lipinski definition) is 0. The van der Waals surface area contributed by atoms with Crippen LogP contribution in [0, 0.1) is 23.0 Å². The van der Waals surface area contributed by atoms with Crippen LogP contribution in [0.5, 0.6) is 0 Å². The van der Waals surface area contributed by atoms with Crippen molar-refractivity contribution in [2.75, 3.05) is 0 Å². The average Bonchev–Trinajstić information content (AvgIpc) is 2.88. The zero-order chi connectivity index (χ0) is 20.6. The normalized spacial score (nSPS) is 20.7. The molecule has 0 saturated heterocycles. The number of rotatable bonds is 2. The van der Waals surface area contributed by atoms with Crippen LogP contribution >= 0.6 is 0 Å². The van der Waals surface area contributed by atoms with Crippen molar-refractivity contribution in [2.45, 2.75) is 69.2 Å². The molecule has 1 aromatic carbocycles. The molecule has 0 nitrogen and oxygen atoms in total. The van der Waals surface area contributed by atoms with Crippen LogP contribution < -0.4 is 0 Å². The molecule has 0 aliphatic heterocycles. The van der Waals surface area contributed by atoms with E-state index in [1.807, 2.05) is 30.9 Å². The first-order chi connectivity index (χ1) is 12.4. The Balaban J connectivity index is 0.000000369. The van der Waals surface area contributed by atoms with Crippen LogP contribution in [0.15, 0.2) is 64.4 Å². The standard InChI is InChI=1S/2C10H15.C6H4.Hf/c2*1-7-6-10(4,5)9(3)8(7)2;1-2-4-6-5-3-1;/h2*1-5H3;1-4H;. The van der Waals surface area contributed by atoms with Crippen LogP contribution in [0.4, 0.5) is 0 Å². The summed E-state index contributed by atoms with van der Waals surface area (Å²) in [5.74, 6) is 0. The molecule has 0 amide bonds. The minimum Gasteiger partial charge on any atom is -0.0702 e. The van der Waals surface area contributed by atoms with Crippen molar-refractivity contribution in [3.63, 3.8) is 0 Å². The summed E-state index contributed by atoms with van der Waals surface area (Å²) < 4.78 is 3.64. The van der Waals surface area contributed by atoms with E-state index in [9.17, 15) is 0 Å². The van der Waals surface area contributed by atoms with Crippen molar-refractivity contribution in [3.8, 4) is 0 Å². The second-order valence-electron chi connectivity index (χ2n) is 8.88. The predicted octanol–water partition coefficient (Wildman–Crippen LogP) is 7.66. The Morgan fingerprint density at radius 3 is 1.11 bits per heavy atom.